The first-order valence-corrected chi connectivity index (χ1v) is 4.99. The van der Waals surface area contributed by atoms with Crippen LogP contribution in [0.25, 0.3) is 0 Å². The fourth-order valence-corrected chi connectivity index (χ4v) is 1.83. The molecule has 0 spiro atoms. The SMILES string of the molecule is CC(C)[C@H](C(=O)NN)N1CCOCC1. The highest BCUT2D eigenvalue weighted by Gasteiger charge is 2.29. The average Bonchev–Trinajstić information content (AvgIpc) is 2.19. The van der Waals surface area contributed by atoms with Gasteiger partial charge < -0.3 is 4.74 Å². The molecule has 5 heteroatoms. The second-order valence-electron chi connectivity index (χ2n) is 3.85. The summed E-state index contributed by atoms with van der Waals surface area (Å²) < 4.78 is 5.24. The summed E-state index contributed by atoms with van der Waals surface area (Å²) in [6.07, 6.45) is 0. The van der Waals surface area contributed by atoms with Gasteiger partial charge in [-0.15, -0.1) is 0 Å². The highest BCUT2D eigenvalue weighted by molar-refractivity contribution is 5.81. The van der Waals surface area contributed by atoms with E-state index in [1.165, 1.54) is 0 Å². The molecule has 0 aliphatic carbocycles. The van der Waals surface area contributed by atoms with Crippen LogP contribution in [0.2, 0.25) is 0 Å². The molecule has 0 aromatic rings. The average molecular weight is 201 g/mol. The Morgan fingerprint density at radius 1 is 1.43 bits per heavy atom. The number of hydrazine groups is 1. The molecule has 0 aromatic heterocycles. The Bertz CT molecular complexity index is 190. The lowest BCUT2D eigenvalue weighted by Crippen LogP contribution is -2.54. The van der Waals surface area contributed by atoms with Gasteiger partial charge in [-0.05, 0) is 5.92 Å². The van der Waals surface area contributed by atoms with Gasteiger partial charge in [0.25, 0.3) is 5.91 Å². The van der Waals surface area contributed by atoms with Gasteiger partial charge in [-0.3, -0.25) is 15.1 Å². The predicted molar refractivity (Wildman–Crippen MR) is 53.3 cm³/mol. The normalized spacial score (nSPS) is 20.9. The summed E-state index contributed by atoms with van der Waals surface area (Å²) in [4.78, 5) is 13.7. The second-order valence-corrected chi connectivity index (χ2v) is 3.85. The first-order valence-electron chi connectivity index (χ1n) is 4.99. The lowest BCUT2D eigenvalue weighted by atomic mass is 10.0. The molecule has 14 heavy (non-hydrogen) atoms. The van der Waals surface area contributed by atoms with Crippen LogP contribution in [0.3, 0.4) is 0 Å². The third kappa shape index (κ3) is 2.67. The topological polar surface area (TPSA) is 67.6 Å². The molecule has 1 amide bonds. The van der Waals surface area contributed by atoms with E-state index in [0.29, 0.717) is 13.2 Å². The fourth-order valence-electron chi connectivity index (χ4n) is 1.83. The smallest absolute Gasteiger partial charge is 0.251 e. The third-order valence-electron chi connectivity index (χ3n) is 2.48. The maximum absolute atomic E-state index is 11.5. The van der Waals surface area contributed by atoms with E-state index in [-0.39, 0.29) is 17.9 Å². The number of ether oxygens (including phenoxy) is 1. The van der Waals surface area contributed by atoms with E-state index in [4.69, 9.17) is 10.6 Å². The Kier molecular flexibility index (Phi) is 4.31. The molecule has 1 atom stereocenters. The van der Waals surface area contributed by atoms with Crippen molar-refractivity contribution in [3.8, 4) is 0 Å². The maximum atomic E-state index is 11.5. The van der Waals surface area contributed by atoms with Gasteiger partial charge in [0.1, 0.15) is 0 Å². The van der Waals surface area contributed by atoms with Crippen LogP contribution in [0.4, 0.5) is 0 Å². The molecule has 1 rings (SSSR count). The van der Waals surface area contributed by atoms with Gasteiger partial charge in [0.15, 0.2) is 0 Å². The summed E-state index contributed by atoms with van der Waals surface area (Å²) in [5.74, 6) is 5.31. The minimum Gasteiger partial charge on any atom is -0.379 e. The van der Waals surface area contributed by atoms with Crippen molar-refractivity contribution in [1.29, 1.82) is 0 Å². The van der Waals surface area contributed by atoms with Crippen LogP contribution >= 0.6 is 0 Å². The molecule has 0 radical (unpaired) electrons. The maximum Gasteiger partial charge on any atom is 0.251 e. The zero-order valence-electron chi connectivity index (χ0n) is 8.82. The quantitative estimate of drug-likeness (QED) is 0.361. The predicted octanol–water partition coefficient (Wildman–Crippen LogP) is -0.667. The first kappa shape index (κ1) is 11.4. The molecule has 0 bridgehead atoms. The van der Waals surface area contributed by atoms with Crippen molar-refractivity contribution in [2.75, 3.05) is 26.3 Å². The second kappa shape index (κ2) is 5.29. The van der Waals surface area contributed by atoms with Crippen molar-refractivity contribution in [3.05, 3.63) is 0 Å². The van der Waals surface area contributed by atoms with Crippen molar-refractivity contribution in [2.24, 2.45) is 11.8 Å². The zero-order chi connectivity index (χ0) is 10.6. The molecular weight excluding hydrogens is 182 g/mol. The Balaban J connectivity index is 2.60. The Morgan fingerprint density at radius 2 is 2.00 bits per heavy atom. The van der Waals surface area contributed by atoms with Crippen LogP contribution in [0.5, 0.6) is 0 Å². The van der Waals surface area contributed by atoms with Gasteiger partial charge in [0.05, 0.1) is 19.3 Å². The van der Waals surface area contributed by atoms with E-state index < -0.39 is 0 Å². The Hall–Kier alpha value is -0.650. The summed E-state index contributed by atoms with van der Waals surface area (Å²) in [6, 6.07) is -0.135. The molecule has 3 N–H and O–H groups in total. The Morgan fingerprint density at radius 3 is 2.43 bits per heavy atom. The molecule has 1 aliphatic rings. The molecule has 1 fully saturated rings. The van der Waals surface area contributed by atoms with E-state index in [2.05, 4.69) is 10.3 Å². The Labute approximate surface area is 84.5 Å². The number of rotatable bonds is 3. The van der Waals surface area contributed by atoms with Crippen molar-refractivity contribution >= 4 is 5.91 Å². The van der Waals surface area contributed by atoms with Gasteiger partial charge in [-0.1, -0.05) is 13.8 Å². The van der Waals surface area contributed by atoms with Crippen LogP contribution in [0, 0.1) is 5.92 Å². The van der Waals surface area contributed by atoms with E-state index in [1.807, 2.05) is 13.8 Å². The van der Waals surface area contributed by atoms with Crippen molar-refractivity contribution in [3.63, 3.8) is 0 Å². The number of carbonyl (C=O) groups is 1. The number of nitrogens with zero attached hydrogens (tertiary/aromatic N) is 1. The highest BCUT2D eigenvalue weighted by Crippen LogP contribution is 2.12. The summed E-state index contributed by atoms with van der Waals surface area (Å²) >= 11 is 0. The first-order chi connectivity index (χ1) is 6.66. The molecule has 82 valence electrons. The molecule has 0 unspecified atom stereocenters. The molecule has 5 nitrogen and oxygen atoms in total. The van der Waals surface area contributed by atoms with Crippen LogP contribution in [-0.4, -0.2) is 43.2 Å². The van der Waals surface area contributed by atoms with Crippen molar-refractivity contribution in [1.82, 2.24) is 10.3 Å². The number of nitrogens with two attached hydrogens (primary N) is 1. The van der Waals surface area contributed by atoms with E-state index in [9.17, 15) is 4.79 Å². The van der Waals surface area contributed by atoms with Gasteiger partial charge in [-0.2, -0.15) is 0 Å². The lowest BCUT2D eigenvalue weighted by molar-refractivity contribution is -0.130. The number of hydrogen-bond acceptors (Lipinski definition) is 4. The molecule has 0 saturated carbocycles. The third-order valence-corrected chi connectivity index (χ3v) is 2.48. The number of carbonyl (C=O) groups excluding carboxylic acids is 1. The van der Waals surface area contributed by atoms with E-state index >= 15 is 0 Å². The zero-order valence-corrected chi connectivity index (χ0v) is 8.82. The van der Waals surface area contributed by atoms with Crippen LogP contribution in [0.1, 0.15) is 13.8 Å². The fraction of sp³-hybridized carbons (Fsp3) is 0.889. The van der Waals surface area contributed by atoms with Crippen LogP contribution < -0.4 is 11.3 Å². The van der Waals surface area contributed by atoms with Crippen LogP contribution in [0.15, 0.2) is 0 Å². The summed E-state index contributed by atoms with van der Waals surface area (Å²) in [5.41, 5.74) is 2.22. The van der Waals surface area contributed by atoms with Gasteiger partial charge >= 0.3 is 0 Å². The van der Waals surface area contributed by atoms with Gasteiger partial charge in [0, 0.05) is 13.1 Å². The lowest BCUT2D eigenvalue weighted by Gasteiger charge is -2.35. The van der Waals surface area contributed by atoms with Gasteiger partial charge in [-0.25, -0.2) is 5.84 Å². The number of hydrogen-bond donors (Lipinski definition) is 2. The van der Waals surface area contributed by atoms with Gasteiger partial charge in [0.2, 0.25) is 0 Å². The summed E-state index contributed by atoms with van der Waals surface area (Å²) in [7, 11) is 0. The standard InChI is InChI=1S/C9H19N3O2/c1-7(2)8(9(13)11-10)12-3-5-14-6-4-12/h7-8H,3-6,10H2,1-2H3,(H,11,13)/t8-/m1/s1. The minimum atomic E-state index is -0.135. The highest BCUT2D eigenvalue weighted by atomic mass is 16.5. The van der Waals surface area contributed by atoms with Crippen molar-refractivity contribution < 1.29 is 9.53 Å². The molecule has 0 aromatic carbocycles. The monoisotopic (exact) mass is 201 g/mol. The molecular formula is C9H19N3O2. The summed E-state index contributed by atoms with van der Waals surface area (Å²) in [6.45, 7) is 7.04. The number of nitrogens with one attached hydrogen (secondary N) is 1. The molecule has 1 saturated heterocycles. The van der Waals surface area contributed by atoms with Crippen molar-refractivity contribution in [2.45, 2.75) is 19.9 Å². The largest absolute Gasteiger partial charge is 0.379 e. The minimum absolute atomic E-state index is 0.109. The molecule has 1 aliphatic heterocycles. The van der Waals surface area contributed by atoms with E-state index in [0.717, 1.165) is 13.1 Å². The number of morpholine rings is 1. The van der Waals surface area contributed by atoms with E-state index in [1.54, 1.807) is 0 Å². The summed E-state index contributed by atoms with van der Waals surface area (Å²) in [5, 5.41) is 0. The van der Waals surface area contributed by atoms with Crippen LogP contribution in [-0.2, 0) is 9.53 Å². The number of amides is 1. The molecule has 1 heterocycles.